The SMILES string of the molecule is CC(C)Cc1cc(Cl)c2cc(OC(C)C)ccc2n1. The van der Waals surface area contributed by atoms with E-state index in [-0.39, 0.29) is 6.10 Å². The fourth-order valence-electron chi connectivity index (χ4n) is 2.08. The van der Waals surface area contributed by atoms with Crippen LogP contribution < -0.4 is 4.74 Å². The summed E-state index contributed by atoms with van der Waals surface area (Å²) < 4.78 is 5.69. The molecule has 0 saturated carbocycles. The van der Waals surface area contributed by atoms with Gasteiger partial charge in [-0.25, -0.2) is 0 Å². The fourth-order valence-corrected chi connectivity index (χ4v) is 2.36. The van der Waals surface area contributed by atoms with E-state index in [1.807, 2.05) is 38.1 Å². The molecule has 2 aromatic rings. The molecule has 0 bridgehead atoms. The predicted molar refractivity (Wildman–Crippen MR) is 81.1 cm³/mol. The van der Waals surface area contributed by atoms with Gasteiger partial charge in [-0.2, -0.15) is 0 Å². The van der Waals surface area contributed by atoms with Gasteiger partial charge in [0.05, 0.1) is 16.6 Å². The zero-order chi connectivity index (χ0) is 14.0. The number of hydrogen-bond acceptors (Lipinski definition) is 2. The number of aromatic nitrogens is 1. The van der Waals surface area contributed by atoms with E-state index in [1.165, 1.54) is 0 Å². The van der Waals surface area contributed by atoms with E-state index in [4.69, 9.17) is 16.3 Å². The summed E-state index contributed by atoms with van der Waals surface area (Å²) in [7, 11) is 0. The molecule has 0 fully saturated rings. The van der Waals surface area contributed by atoms with Crippen molar-refractivity contribution in [3.63, 3.8) is 0 Å². The second-order valence-electron chi connectivity index (χ2n) is 5.54. The van der Waals surface area contributed by atoms with Crippen LogP contribution in [0.2, 0.25) is 5.02 Å². The number of halogens is 1. The van der Waals surface area contributed by atoms with E-state index in [0.717, 1.165) is 33.8 Å². The van der Waals surface area contributed by atoms with Gasteiger partial charge < -0.3 is 4.74 Å². The Morgan fingerprint density at radius 2 is 1.89 bits per heavy atom. The molecule has 0 aliphatic heterocycles. The maximum absolute atomic E-state index is 6.36. The van der Waals surface area contributed by atoms with Crippen LogP contribution in [-0.2, 0) is 6.42 Å². The van der Waals surface area contributed by atoms with Crippen molar-refractivity contribution >= 4 is 22.5 Å². The highest BCUT2D eigenvalue weighted by atomic mass is 35.5. The van der Waals surface area contributed by atoms with Gasteiger partial charge in [0.25, 0.3) is 0 Å². The molecule has 0 saturated heterocycles. The van der Waals surface area contributed by atoms with E-state index in [0.29, 0.717) is 5.92 Å². The van der Waals surface area contributed by atoms with Gasteiger partial charge in [0.15, 0.2) is 0 Å². The average molecular weight is 278 g/mol. The van der Waals surface area contributed by atoms with Crippen LogP contribution in [0.1, 0.15) is 33.4 Å². The number of ether oxygens (including phenoxy) is 1. The number of fused-ring (bicyclic) bond motifs is 1. The van der Waals surface area contributed by atoms with Crippen LogP contribution >= 0.6 is 11.6 Å². The Morgan fingerprint density at radius 3 is 2.53 bits per heavy atom. The maximum atomic E-state index is 6.36. The van der Waals surface area contributed by atoms with Gasteiger partial charge in [0, 0.05) is 11.1 Å². The number of nitrogens with zero attached hydrogens (tertiary/aromatic N) is 1. The summed E-state index contributed by atoms with van der Waals surface area (Å²) in [5.74, 6) is 1.41. The van der Waals surface area contributed by atoms with Crippen molar-refractivity contribution < 1.29 is 4.74 Å². The van der Waals surface area contributed by atoms with Crippen molar-refractivity contribution in [2.24, 2.45) is 5.92 Å². The molecule has 0 radical (unpaired) electrons. The average Bonchev–Trinajstić information content (AvgIpc) is 2.28. The predicted octanol–water partition coefficient (Wildman–Crippen LogP) is 4.87. The van der Waals surface area contributed by atoms with Gasteiger partial charge >= 0.3 is 0 Å². The van der Waals surface area contributed by atoms with Gasteiger partial charge in [-0.3, -0.25) is 4.98 Å². The third-order valence-electron chi connectivity index (χ3n) is 2.77. The van der Waals surface area contributed by atoms with E-state index >= 15 is 0 Å². The number of benzene rings is 1. The lowest BCUT2D eigenvalue weighted by Crippen LogP contribution is -2.05. The topological polar surface area (TPSA) is 22.1 Å². The minimum atomic E-state index is 0.157. The van der Waals surface area contributed by atoms with Crippen LogP contribution in [0.3, 0.4) is 0 Å². The zero-order valence-corrected chi connectivity index (χ0v) is 12.7. The van der Waals surface area contributed by atoms with Gasteiger partial charge in [-0.05, 0) is 50.5 Å². The first kappa shape index (κ1) is 14.1. The van der Waals surface area contributed by atoms with Crippen molar-refractivity contribution in [1.29, 1.82) is 0 Å². The summed E-state index contributed by atoms with van der Waals surface area (Å²) in [6.45, 7) is 8.38. The first-order valence-electron chi connectivity index (χ1n) is 6.71. The highest BCUT2D eigenvalue weighted by Gasteiger charge is 2.08. The number of rotatable bonds is 4. The highest BCUT2D eigenvalue weighted by Crippen LogP contribution is 2.28. The Balaban J connectivity index is 2.41. The molecule has 0 unspecified atom stereocenters. The van der Waals surface area contributed by atoms with Crippen molar-refractivity contribution in [1.82, 2.24) is 4.98 Å². The molecule has 1 heterocycles. The molecule has 1 aromatic heterocycles. The first-order valence-corrected chi connectivity index (χ1v) is 7.09. The summed E-state index contributed by atoms with van der Waals surface area (Å²) in [6, 6.07) is 7.85. The number of hydrogen-bond donors (Lipinski definition) is 0. The quantitative estimate of drug-likeness (QED) is 0.795. The summed E-state index contributed by atoms with van der Waals surface area (Å²) in [5, 5.41) is 1.70. The molecule has 0 aliphatic carbocycles. The molecule has 2 nitrogen and oxygen atoms in total. The Hall–Kier alpha value is -1.28. The maximum Gasteiger partial charge on any atom is 0.120 e. The second kappa shape index (κ2) is 5.79. The molecular formula is C16H20ClNO. The summed E-state index contributed by atoms with van der Waals surface area (Å²) in [6.07, 6.45) is 1.10. The smallest absolute Gasteiger partial charge is 0.120 e. The minimum absolute atomic E-state index is 0.157. The second-order valence-corrected chi connectivity index (χ2v) is 5.95. The fraction of sp³-hybridized carbons (Fsp3) is 0.438. The minimum Gasteiger partial charge on any atom is -0.491 e. The third-order valence-corrected chi connectivity index (χ3v) is 3.08. The van der Waals surface area contributed by atoms with Crippen molar-refractivity contribution in [2.45, 2.75) is 40.2 Å². The van der Waals surface area contributed by atoms with Gasteiger partial charge in [-0.1, -0.05) is 25.4 Å². The molecule has 0 spiro atoms. The lowest BCUT2D eigenvalue weighted by atomic mass is 10.1. The summed E-state index contributed by atoms with van der Waals surface area (Å²) in [4.78, 5) is 4.66. The first-order chi connectivity index (χ1) is 8.95. The van der Waals surface area contributed by atoms with Crippen molar-refractivity contribution in [3.8, 4) is 5.75 Å². The molecule has 102 valence electrons. The van der Waals surface area contributed by atoms with E-state index in [2.05, 4.69) is 18.8 Å². The monoisotopic (exact) mass is 277 g/mol. The van der Waals surface area contributed by atoms with Crippen molar-refractivity contribution in [2.75, 3.05) is 0 Å². The largest absolute Gasteiger partial charge is 0.491 e. The molecule has 19 heavy (non-hydrogen) atoms. The van der Waals surface area contributed by atoms with Crippen LogP contribution in [0.4, 0.5) is 0 Å². The van der Waals surface area contributed by atoms with Gasteiger partial charge in [0.1, 0.15) is 5.75 Å². The van der Waals surface area contributed by atoms with Crippen LogP contribution in [0, 0.1) is 5.92 Å². The number of pyridine rings is 1. The highest BCUT2D eigenvalue weighted by molar-refractivity contribution is 6.35. The van der Waals surface area contributed by atoms with Gasteiger partial charge in [0.2, 0.25) is 0 Å². The van der Waals surface area contributed by atoms with Crippen molar-refractivity contribution in [3.05, 3.63) is 35.0 Å². The lowest BCUT2D eigenvalue weighted by Gasteiger charge is -2.12. The molecule has 0 N–H and O–H groups in total. The van der Waals surface area contributed by atoms with Crippen LogP contribution in [0.15, 0.2) is 24.3 Å². The molecule has 0 atom stereocenters. The molecule has 3 heteroatoms. The molecule has 0 aliphatic rings. The Kier molecular flexibility index (Phi) is 4.31. The standard InChI is InChI=1S/C16H20ClNO/c1-10(2)7-12-8-15(17)14-9-13(19-11(3)4)5-6-16(14)18-12/h5-6,8-11H,7H2,1-4H3. The van der Waals surface area contributed by atoms with Crippen LogP contribution in [0.5, 0.6) is 5.75 Å². The third kappa shape index (κ3) is 3.60. The van der Waals surface area contributed by atoms with Crippen LogP contribution in [-0.4, -0.2) is 11.1 Å². The van der Waals surface area contributed by atoms with Crippen LogP contribution in [0.25, 0.3) is 10.9 Å². The van der Waals surface area contributed by atoms with E-state index < -0.39 is 0 Å². The Labute approximate surface area is 119 Å². The Morgan fingerprint density at radius 1 is 1.16 bits per heavy atom. The molecular weight excluding hydrogens is 258 g/mol. The lowest BCUT2D eigenvalue weighted by molar-refractivity contribution is 0.243. The zero-order valence-electron chi connectivity index (χ0n) is 11.9. The normalized spacial score (nSPS) is 11.5. The molecule has 2 rings (SSSR count). The molecule has 0 amide bonds. The van der Waals surface area contributed by atoms with Gasteiger partial charge in [-0.15, -0.1) is 0 Å². The summed E-state index contributed by atoms with van der Waals surface area (Å²) in [5.41, 5.74) is 1.98. The molecule has 1 aromatic carbocycles. The van der Waals surface area contributed by atoms with E-state index in [9.17, 15) is 0 Å². The Bertz CT molecular complexity index is 578. The van der Waals surface area contributed by atoms with E-state index in [1.54, 1.807) is 0 Å². The summed E-state index contributed by atoms with van der Waals surface area (Å²) >= 11 is 6.36.